The van der Waals surface area contributed by atoms with Gasteiger partial charge in [0.1, 0.15) is 22.9 Å². The molecule has 26 heavy (non-hydrogen) atoms. The molecule has 1 heterocycles. The maximum Gasteiger partial charge on any atom is 0.253 e. The number of nitrogens with one attached hydrogen (secondary N) is 3. The van der Waals surface area contributed by atoms with Crippen molar-refractivity contribution in [3.05, 3.63) is 74.3 Å². The molecular weight excluding hydrogens is 332 g/mol. The number of aromatic hydroxyl groups is 1. The van der Waals surface area contributed by atoms with Gasteiger partial charge in [-0.1, -0.05) is 12.1 Å². The lowest BCUT2D eigenvalue weighted by Gasteiger charge is -2.15. The zero-order valence-electron chi connectivity index (χ0n) is 14.0. The van der Waals surface area contributed by atoms with Crippen LogP contribution in [0.3, 0.4) is 0 Å². The highest BCUT2D eigenvalue weighted by atomic mass is 16.3. The van der Waals surface area contributed by atoms with E-state index in [4.69, 9.17) is 0 Å². The van der Waals surface area contributed by atoms with Gasteiger partial charge in [-0.25, -0.2) is 4.98 Å². The Morgan fingerprint density at radius 1 is 1.08 bits per heavy atom. The van der Waals surface area contributed by atoms with Gasteiger partial charge in [-0.3, -0.25) is 9.59 Å². The predicted molar refractivity (Wildman–Crippen MR) is 101 cm³/mol. The van der Waals surface area contributed by atoms with Crippen molar-refractivity contribution in [3.63, 3.8) is 0 Å². The van der Waals surface area contributed by atoms with E-state index < -0.39 is 10.9 Å². The molecule has 3 aromatic carbocycles. The predicted octanol–water partition coefficient (Wildman–Crippen LogP) is 2.53. The largest absolute Gasteiger partial charge is 0.508 e. The lowest BCUT2D eigenvalue weighted by Crippen LogP contribution is -2.36. The first-order chi connectivity index (χ1) is 12.5. The molecule has 7 heteroatoms. The molecule has 0 amide bonds. The Labute approximate surface area is 148 Å². The van der Waals surface area contributed by atoms with Crippen molar-refractivity contribution >= 4 is 28.1 Å². The molecule has 0 fully saturated rings. The van der Waals surface area contributed by atoms with E-state index in [1.807, 2.05) is 31.2 Å². The van der Waals surface area contributed by atoms with Crippen LogP contribution in [-0.4, -0.2) is 15.1 Å². The summed E-state index contributed by atoms with van der Waals surface area (Å²) in [6, 6.07) is 12.2. The third-order valence-electron chi connectivity index (χ3n) is 4.16. The number of imidazole rings is 1. The number of anilines is 3. The first-order valence-corrected chi connectivity index (χ1v) is 8.10. The fraction of sp³-hybridized carbons (Fsp3) is 0.105. The van der Waals surface area contributed by atoms with E-state index in [0.717, 1.165) is 22.4 Å². The second-order valence-corrected chi connectivity index (χ2v) is 6.11. The number of phenols is 1. The van der Waals surface area contributed by atoms with Gasteiger partial charge < -0.3 is 20.7 Å². The summed E-state index contributed by atoms with van der Waals surface area (Å²) in [6.07, 6.45) is 0. The zero-order chi connectivity index (χ0) is 18.3. The van der Waals surface area contributed by atoms with Crippen LogP contribution in [0, 0.1) is 6.92 Å². The van der Waals surface area contributed by atoms with E-state index in [1.165, 1.54) is 0 Å². The summed E-state index contributed by atoms with van der Waals surface area (Å²) in [6.45, 7) is 2.19. The number of fused-ring (bicyclic) bond motifs is 1. The van der Waals surface area contributed by atoms with Crippen LogP contribution >= 0.6 is 0 Å². The minimum atomic E-state index is -0.554. The Kier molecular flexibility index (Phi) is 3.69. The average Bonchev–Trinajstić information content (AvgIpc) is 3.00. The van der Waals surface area contributed by atoms with Crippen LogP contribution in [0.5, 0.6) is 5.75 Å². The summed E-state index contributed by atoms with van der Waals surface area (Å²) in [4.78, 5) is 31.3. The van der Waals surface area contributed by atoms with Crippen molar-refractivity contribution in [2.45, 2.75) is 13.5 Å². The quantitative estimate of drug-likeness (QED) is 0.413. The van der Waals surface area contributed by atoms with E-state index in [2.05, 4.69) is 20.6 Å². The number of phenolic OH excluding ortho intramolecular Hbond substituents is 1. The Bertz CT molecular complexity index is 1190. The zero-order valence-corrected chi connectivity index (χ0v) is 14.0. The van der Waals surface area contributed by atoms with Crippen LogP contribution in [-0.2, 0) is 6.54 Å². The summed E-state index contributed by atoms with van der Waals surface area (Å²) < 4.78 is 0. The molecule has 130 valence electrons. The molecule has 0 spiro atoms. The number of hydrogen-bond donors (Lipinski definition) is 4. The van der Waals surface area contributed by atoms with Crippen molar-refractivity contribution in [3.8, 4) is 5.75 Å². The molecule has 0 radical (unpaired) electrons. The minimum absolute atomic E-state index is 0.148. The Hall–Kier alpha value is -3.61. The first kappa shape index (κ1) is 15.9. The number of nitrogens with zero attached hydrogens (tertiary/aromatic N) is 1. The van der Waals surface area contributed by atoms with Gasteiger partial charge in [0.15, 0.2) is 0 Å². The molecule has 4 rings (SSSR count). The summed E-state index contributed by atoms with van der Waals surface area (Å²) in [5, 5.41) is 15.5. The Morgan fingerprint density at radius 3 is 2.69 bits per heavy atom. The van der Waals surface area contributed by atoms with Gasteiger partial charge in [0.05, 0.1) is 11.0 Å². The third kappa shape index (κ3) is 2.79. The number of aromatic nitrogens is 2. The van der Waals surface area contributed by atoms with Crippen molar-refractivity contribution in [1.82, 2.24) is 9.97 Å². The molecule has 0 aliphatic carbocycles. The maximum atomic E-state index is 11.9. The van der Waals surface area contributed by atoms with Crippen LogP contribution in [0.2, 0.25) is 0 Å². The molecule has 4 N–H and O–H groups in total. The highest BCUT2D eigenvalue weighted by Crippen LogP contribution is 2.24. The molecule has 1 aromatic heterocycles. The van der Waals surface area contributed by atoms with Gasteiger partial charge in [0, 0.05) is 12.2 Å². The van der Waals surface area contributed by atoms with Crippen LogP contribution in [0.4, 0.5) is 17.1 Å². The third-order valence-corrected chi connectivity index (χ3v) is 4.16. The smallest absolute Gasteiger partial charge is 0.253 e. The van der Waals surface area contributed by atoms with Crippen LogP contribution in [0.25, 0.3) is 11.0 Å². The molecule has 0 aliphatic rings. The molecular formula is C19H16N4O3. The van der Waals surface area contributed by atoms with Gasteiger partial charge in [0.25, 0.3) is 10.9 Å². The molecule has 0 atom stereocenters. The fourth-order valence-electron chi connectivity index (χ4n) is 2.89. The number of H-pyrrole nitrogens is 1. The summed E-state index contributed by atoms with van der Waals surface area (Å²) in [5.74, 6) is 0.954. The van der Waals surface area contributed by atoms with E-state index in [9.17, 15) is 14.7 Å². The maximum absolute atomic E-state index is 11.9. The van der Waals surface area contributed by atoms with Crippen molar-refractivity contribution in [2.24, 2.45) is 0 Å². The second-order valence-electron chi connectivity index (χ2n) is 6.11. The van der Waals surface area contributed by atoms with Crippen LogP contribution in [0.15, 0.2) is 52.1 Å². The SMILES string of the molecule is Cc1nc2cc(Nc3c(NCc4cccc(O)c4)c(=O)c3=O)ccc2[nH]1. The van der Waals surface area contributed by atoms with Gasteiger partial charge in [-0.05, 0) is 42.8 Å². The van der Waals surface area contributed by atoms with Gasteiger partial charge in [-0.2, -0.15) is 0 Å². The molecule has 0 unspecified atom stereocenters. The van der Waals surface area contributed by atoms with Crippen LogP contribution < -0.4 is 21.5 Å². The molecule has 0 bridgehead atoms. The van der Waals surface area contributed by atoms with E-state index >= 15 is 0 Å². The normalized spacial score (nSPS) is 11.1. The van der Waals surface area contributed by atoms with Crippen LogP contribution in [0.1, 0.15) is 11.4 Å². The fourth-order valence-corrected chi connectivity index (χ4v) is 2.89. The average molecular weight is 348 g/mol. The van der Waals surface area contributed by atoms with E-state index in [-0.39, 0.29) is 17.1 Å². The number of hydrogen-bond acceptors (Lipinski definition) is 6. The molecule has 0 saturated carbocycles. The monoisotopic (exact) mass is 348 g/mol. The summed E-state index contributed by atoms with van der Waals surface area (Å²) in [7, 11) is 0. The first-order valence-electron chi connectivity index (χ1n) is 8.10. The number of aryl methyl sites for hydroxylation is 1. The van der Waals surface area contributed by atoms with Crippen molar-refractivity contribution in [1.29, 1.82) is 0 Å². The molecule has 4 aromatic rings. The summed E-state index contributed by atoms with van der Waals surface area (Å²) in [5.41, 5.74) is 2.54. The lowest BCUT2D eigenvalue weighted by molar-refractivity contribution is 0.474. The molecule has 0 saturated heterocycles. The Morgan fingerprint density at radius 2 is 1.88 bits per heavy atom. The van der Waals surface area contributed by atoms with Gasteiger partial charge in [0.2, 0.25) is 0 Å². The number of benzene rings is 2. The second kappa shape index (κ2) is 6.03. The lowest BCUT2D eigenvalue weighted by atomic mass is 10.1. The minimum Gasteiger partial charge on any atom is -0.508 e. The van der Waals surface area contributed by atoms with Crippen molar-refractivity contribution < 1.29 is 5.11 Å². The molecule has 0 aliphatic heterocycles. The summed E-state index contributed by atoms with van der Waals surface area (Å²) >= 11 is 0. The van der Waals surface area contributed by atoms with E-state index in [1.54, 1.807) is 18.2 Å². The van der Waals surface area contributed by atoms with Crippen molar-refractivity contribution in [2.75, 3.05) is 10.6 Å². The number of rotatable bonds is 5. The standard InChI is InChI=1S/C19H16N4O3/c1-10-21-14-6-5-12(8-15(14)22-10)23-17-16(18(25)19(17)26)20-9-11-3-2-4-13(24)7-11/h2-8,20,23-24H,9H2,1H3,(H,21,22). The van der Waals surface area contributed by atoms with Gasteiger partial charge >= 0.3 is 0 Å². The highest BCUT2D eigenvalue weighted by molar-refractivity contribution is 5.84. The van der Waals surface area contributed by atoms with Gasteiger partial charge in [-0.15, -0.1) is 0 Å². The van der Waals surface area contributed by atoms with E-state index in [0.29, 0.717) is 12.2 Å². The topological polar surface area (TPSA) is 107 Å². The highest BCUT2D eigenvalue weighted by Gasteiger charge is 2.21. The number of aromatic amines is 1. The Balaban J connectivity index is 1.56. The molecule has 7 nitrogen and oxygen atoms in total.